The second kappa shape index (κ2) is 7.10. The Morgan fingerprint density at radius 2 is 1.43 bits per heavy atom. The summed E-state index contributed by atoms with van der Waals surface area (Å²) in [5, 5.41) is 6.38. The highest BCUT2D eigenvalue weighted by molar-refractivity contribution is 7.85. The predicted molar refractivity (Wildman–Crippen MR) is 85.7 cm³/mol. The molecule has 0 radical (unpaired) electrons. The first kappa shape index (κ1) is 15.3. The molecule has 2 rings (SSSR count). The zero-order valence-electron chi connectivity index (χ0n) is 11.5. The Morgan fingerprint density at radius 3 is 2.05 bits per heavy atom. The molecule has 0 spiro atoms. The molecule has 0 heterocycles. The van der Waals surface area contributed by atoms with Gasteiger partial charge in [-0.25, -0.2) is 0 Å². The van der Waals surface area contributed by atoms with Gasteiger partial charge in [0, 0.05) is 23.6 Å². The second-order valence-corrected chi connectivity index (χ2v) is 6.21. The third-order valence-corrected chi connectivity index (χ3v) is 3.66. The number of hydrogen-bond acceptors (Lipinski definition) is 4. The lowest BCUT2D eigenvalue weighted by Crippen LogP contribution is -2.10. The SMILES string of the molecule is O=S(=O)(O)CCCNc1ccc(Nc2ccccc2)cc1. The quantitative estimate of drug-likeness (QED) is 0.541. The van der Waals surface area contributed by atoms with E-state index in [-0.39, 0.29) is 5.75 Å². The van der Waals surface area contributed by atoms with E-state index in [0.717, 1.165) is 17.1 Å². The largest absolute Gasteiger partial charge is 0.385 e. The summed E-state index contributed by atoms with van der Waals surface area (Å²) in [5.41, 5.74) is 2.90. The predicted octanol–water partition coefficient (Wildman–Crippen LogP) is 3.12. The molecule has 0 fully saturated rings. The standard InChI is InChI=1S/C15H18N2O3S/c18-21(19,20)12-4-11-16-13-7-9-15(10-8-13)17-14-5-2-1-3-6-14/h1-3,5-10,16-17H,4,11-12H2,(H,18,19,20). The van der Waals surface area contributed by atoms with E-state index in [1.54, 1.807) is 0 Å². The van der Waals surface area contributed by atoms with Gasteiger partial charge in [0.2, 0.25) is 0 Å². The van der Waals surface area contributed by atoms with Crippen LogP contribution in [-0.2, 0) is 10.1 Å². The topological polar surface area (TPSA) is 78.4 Å². The van der Waals surface area contributed by atoms with E-state index in [2.05, 4.69) is 10.6 Å². The molecule has 0 saturated carbocycles. The number of hydrogen-bond donors (Lipinski definition) is 3. The van der Waals surface area contributed by atoms with Gasteiger partial charge < -0.3 is 10.6 Å². The lowest BCUT2D eigenvalue weighted by molar-refractivity contribution is 0.481. The summed E-state index contributed by atoms with van der Waals surface area (Å²) in [7, 11) is -3.87. The average Bonchev–Trinajstić information content (AvgIpc) is 2.45. The van der Waals surface area contributed by atoms with Crippen LogP contribution in [0.15, 0.2) is 54.6 Å². The number of rotatable bonds is 7. The fourth-order valence-electron chi connectivity index (χ4n) is 1.85. The summed E-state index contributed by atoms with van der Waals surface area (Å²) in [4.78, 5) is 0. The normalized spacial score (nSPS) is 11.1. The minimum absolute atomic E-state index is 0.229. The van der Waals surface area contributed by atoms with Crippen LogP contribution in [0, 0.1) is 0 Å². The molecule has 2 aromatic rings. The maximum Gasteiger partial charge on any atom is 0.264 e. The fraction of sp³-hybridized carbons (Fsp3) is 0.200. The van der Waals surface area contributed by atoms with Crippen molar-refractivity contribution in [2.24, 2.45) is 0 Å². The summed E-state index contributed by atoms with van der Waals surface area (Å²) < 4.78 is 29.8. The first-order chi connectivity index (χ1) is 10.0. The molecule has 0 aliphatic rings. The molecule has 0 atom stereocenters. The van der Waals surface area contributed by atoms with Crippen LogP contribution in [0.4, 0.5) is 17.1 Å². The molecular formula is C15H18N2O3S. The highest BCUT2D eigenvalue weighted by Gasteiger charge is 2.03. The molecule has 3 N–H and O–H groups in total. The van der Waals surface area contributed by atoms with Crippen LogP contribution < -0.4 is 10.6 Å². The number of benzene rings is 2. The molecule has 6 heteroatoms. The van der Waals surface area contributed by atoms with Crippen molar-refractivity contribution in [2.45, 2.75) is 6.42 Å². The zero-order chi connectivity index (χ0) is 15.1. The van der Waals surface area contributed by atoms with Gasteiger partial charge in [-0.3, -0.25) is 4.55 Å². The zero-order valence-corrected chi connectivity index (χ0v) is 12.3. The van der Waals surface area contributed by atoms with Crippen molar-refractivity contribution in [1.82, 2.24) is 0 Å². The Kier molecular flexibility index (Phi) is 5.19. The average molecular weight is 306 g/mol. The van der Waals surface area contributed by atoms with Crippen LogP contribution in [0.5, 0.6) is 0 Å². The maximum absolute atomic E-state index is 10.6. The van der Waals surface area contributed by atoms with Gasteiger partial charge in [0.1, 0.15) is 0 Å². The number of anilines is 3. The Balaban J connectivity index is 1.82. The van der Waals surface area contributed by atoms with E-state index in [1.807, 2.05) is 54.6 Å². The van der Waals surface area contributed by atoms with Gasteiger partial charge >= 0.3 is 0 Å². The summed E-state index contributed by atoms with van der Waals surface area (Å²) in [6.07, 6.45) is 0.364. The number of para-hydroxylation sites is 1. The van der Waals surface area contributed by atoms with Gasteiger partial charge in [-0.1, -0.05) is 18.2 Å². The first-order valence-corrected chi connectivity index (χ1v) is 8.25. The Bertz CT molecular complexity index is 655. The lowest BCUT2D eigenvalue weighted by Gasteiger charge is -2.09. The minimum Gasteiger partial charge on any atom is -0.385 e. The molecule has 21 heavy (non-hydrogen) atoms. The summed E-state index contributed by atoms with van der Waals surface area (Å²) in [6, 6.07) is 17.6. The Morgan fingerprint density at radius 1 is 0.857 bits per heavy atom. The van der Waals surface area contributed by atoms with E-state index in [1.165, 1.54) is 0 Å². The van der Waals surface area contributed by atoms with Crippen LogP contribution in [-0.4, -0.2) is 25.3 Å². The summed E-state index contributed by atoms with van der Waals surface area (Å²) in [5.74, 6) is -0.229. The molecule has 0 aliphatic heterocycles. The van der Waals surface area contributed by atoms with Crippen molar-refractivity contribution < 1.29 is 13.0 Å². The highest BCUT2D eigenvalue weighted by atomic mass is 32.2. The molecular weight excluding hydrogens is 288 g/mol. The van der Waals surface area contributed by atoms with Gasteiger partial charge in [-0.15, -0.1) is 0 Å². The molecule has 5 nitrogen and oxygen atoms in total. The molecule has 0 amide bonds. The van der Waals surface area contributed by atoms with E-state index >= 15 is 0 Å². The first-order valence-electron chi connectivity index (χ1n) is 6.64. The van der Waals surface area contributed by atoms with Gasteiger partial charge in [0.05, 0.1) is 5.75 Å². The van der Waals surface area contributed by atoms with E-state index in [4.69, 9.17) is 4.55 Å². The van der Waals surface area contributed by atoms with Crippen molar-refractivity contribution in [3.63, 3.8) is 0 Å². The highest BCUT2D eigenvalue weighted by Crippen LogP contribution is 2.18. The van der Waals surface area contributed by atoms with Crippen molar-refractivity contribution in [2.75, 3.05) is 22.9 Å². The van der Waals surface area contributed by atoms with Crippen LogP contribution in [0.1, 0.15) is 6.42 Å². The molecule has 0 unspecified atom stereocenters. The Hall–Kier alpha value is -2.05. The van der Waals surface area contributed by atoms with Crippen LogP contribution >= 0.6 is 0 Å². The van der Waals surface area contributed by atoms with Gasteiger partial charge in [-0.05, 0) is 42.8 Å². The molecule has 112 valence electrons. The maximum atomic E-state index is 10.6. The van der Waals surface area contributed by atoms with Crippen LogP contribution in [0.3, 0.4) is 0 Å². The number of nitrogens with one attached hydrogen (secondary N) is 2. The van der Waals surface area contributed by atoms with Gasteiger partial charge in [-0.2, -0.15) is 8.42 Å². The summed E-state index contributed by atoms with van der Waals surface area (Å²) in [6.45, 7) is 0.491. The second-order valence-electron chi connectivity index (χ2n) is 4.63. The van der Waals surface area contributed by atoms with Gasteiger partial charge in [0.25, 0.3) is 10.1 Å². The van der Waals surface area contributed by atoms with Gasteiger partial charge in [0.15, 0.2) is 0 Å². The fourth-order valence-corrected chi connectivity index (χ4v) is 2.36. The van der Waals surface area contributed by atoms with Crippen molar-refractivity contribution in [1.29, 1.82) is 0 Å². The van der Waals surface area contributed by atoms with E-state index in [0.29, 0.717) is 13.0 Å². The van der Waals surface area contributed by atoms with E-state index in [9.17, 15) is 8.42 Å². The van der Waals surface area contributed by atoms with Crippen molar-refractivity contribution >= 4 is 27.2 Å². The minimum atomic E-state index is -3.87. The van der Waals surface area contributed by atoms with E-state index < -0.39 is 10.1 Å². The van der Waals surface area contributed by atoms with Crippen LogP contribution in [0.25, 0.3) is 0 Å². The monoisotopic (exact) mass is 306 g/mol. The summed E-state index contributed by atoms with van der Waals surface area (Å²) >= 11 is 0. The Labute approximate surface area is 124 Å². The molecule has 2 aromatic carbocycles. The van der Waals surface area contributed by atoms with Crippen LogP contribution in [0.2, 0.25) is 0 Å². The molecule has 0 bridgehead atoms. The molecule has 0 saturated heterocycles. The smallest absolute Gasteiger partial charge is 0.264 e. The third-order valence-electron chi connectivity index (χ3n) is 2.86. The van der Waals surface area contributed by atoms with Crippen molar-refractivity contribution in [3.8, 4) is 0 Å². The van der Waals surface area contributed by atoms with Crippen molar-refractivity contribution in [3.05, 3.63) is 54.6 Å². The third kappa shape index (κ3) is 5.85. The molecule has 0 aliphatic carbocycles. The lowest BCUT2D eigenvalue weighted by atomic mass is 10.2. The molecule has 0 aromatic heterocycles.